The quantitative estimate of drug-likeness (QED) is 0.424. The second-order valence-corrected chi connectivity index (χ2v) is 5.96. The molecule has 138 valence electrons. The number of carbonyl (C=O) groups excluding carboxylic acids is 2. The molecule has 0 saturated carbocycles. The molecule has 0 bridgehead atoms. The lowest BCUT2D eigenvalue weighted by molar-refractivity contribution is -0.138. The van der Waals surface area contributed by atoms with Gasteiger partial charge < -0.3 is 26.6 Å². The molecule has 8 heteroatoms. The fraction of sp³-hybridized carbons (Fsp3) is 0.471. The van der Waals surface area contributed by atoms with E-state index in [0.717, 1.165) is 5.56 Å². The molecule has 25 heavy (non-hydrogen) atoms. The summed E-state index contributed by atoms with van der Waals surface area (Å²) in [7, 11) is 0. The summed E-state index contributed by atoms with van der Waals surface area (Å²) in [4.78, 5) is 35.0. The van der Waals surface area contributed by atoms with Crippen molar-refractivity contribution in [1.29, 1.82) is 0 Å². The van der Waals surface area contributed by atoms with Gasteiger partial charge in [0.15, 0.2) is 0 Å². The van der Waals surface area contributed by atoms with Crippen LogP contribution in [-0.4, -0.2) is 46.6 Å². The van der Waals surface area contributed by atoms with Gasteiger partial charge in [-0.15, -0.1) is 0 Å². The maximum absolute atomic E-state index is 12.3. The van der Waals surface area contributed by atoms with Gasteiger partial charge in [0.05, 0.1) is 6.04 Å². The van der Waals surface area contributed by atoms with Crippen molar-refractivity contribution in [2.75, 3.05) is 6.54 Å². The summed E-state index contributed by atoms with van der Waals surface area (Å²) in [5.74, 6) is -2.27. The lowest BCUT2D eigenvalue weighted by Gasteiger charge is -2.24. The van der Waals surface area contributed by atoms with Crippen molar-refractivity contribution >= 4 is 17.8 Å². The minimum Gasteiger partial charge on any atom is -0.508 e. The summed E-state index contributed by atoms with van der Waals surface area (Å²) in [6.45, 7) is 3.14. The van der Waals surface area contributed by atoms with E-state index in [0.29, 0.717) is 6.42 Å². The number of rotatable bonds is 9. The zero-order valence-electron chi connectivity index (χ0n) is 14.4. The molecule has 0 aromatic heterocycles. The number of nitrogens with one attached hydrogen (secondary N) is 2. The summed E-state index contributed by atoms with van der Waals surface area (Å²) >= 11 is 0. The first-order valence-corrected chi connectivity index (χ1v) is 8.08. The molecule has 1 aromatic rings. The third-order valence-electron chi connectivity index (χ3n) is 3.94. The predicted molar refractivity (Wildman–Crippen MR) is 91.8 cm³/mol. The highest BCUT2D eigenvalue weighted by molar-refractivity contribution is 5.91. The fourth-order valence-corrected chi connectivity index (χ4v) is 2.21. The molecule has 6 N–H and O–H groups in total. The molecule has 3 unspecified atom stereocenters. The zero-order chi connectivity index (χ0) is 19.0. The van der Waals surface area contributed by atoms with Gasteiger partial charge in [-0.25, -0.2) is 0 Å². The minimum atomic E-state index is -1.16. The molecule has 0 fully saturated rings. The lowest BCUT2D eigenvalue weighted by atomic mass is 9.97. The molecule has 2 amide bonds. The number of hydrogen-bond donors (Lipinski definition) is 5. The van der Waals surface area contributed by atoms with Gasteiger partial charge in [-0.2, -0.15) is 0 Å². The van der Waals surface area contributed by atoms with E-state index in [4.69, 9.17) is 10.8 Å². The number of phenolic OH excluding ortho intramolecular Hbond substituents is 1. The van der Waals surface area contributed by atoms with E-state index >= 15 is 0 Å². The van der Waals surface area contributed by atoms with E-state index in [9.17, 15) is 19.5 Å². The number of amides is 2. The molecule has 0 aliphatic carbocycles. The molecule has 3 atom stereocenters. The molecule has 0 heterocycles. The van der Waals surface area contributed by atoms with E-state index in [2.05, 4.69) is 10.6 Å². The van der Waals surface area contributed by atoms with Gasteiger partial charge in [0.2, 0.25) is 11.8 Å². The van der Waals surface area contributed by atoms with Crippen LogP contribution in [0.25, 0.3) is 0 Å². The van der Waals surface area contributed by atoms with E-state index in [1.807, 2.05) is 6.92 Å². The average molecular weight is 351 g/mol. The Morgan fingerprint density at radius 2 is 1.76 bits per heavy atom. The third-order valence-corrected chi connectivity index (χ3v) is 3.94. The van der Waals surface area contributed by atoms with Gasteiger partial charge in [0.25, 0.3) is 0 Å². The Bertz CT molecular complexity index is 603. The number of hydrogen-bond acceptors (Lipinski definition) is 5. The fourth-order valence-electron chi connectivity index (χ4n) is 2.21. The Balaban J connectivity index is 2.70. The van der Waals surface area contributed by atoms with E-state index in [1.165, 1.54) is 12.1 Å². The van der Waals surface area contributed by atoms with Crippen LogP contribution in [0.1, 0.15) is 25.8 Å². The molecule has 0 aliphatic rings. The van der Waals surface area contributed by atoms with Gasteiger partial charge in [0.1, 0.15) is 18.3 Å². The molecule has 0 radical (unpaired) electrons. The number of aliphatic carboxylic acids is 1. The van der Waals surface area contributed by atoms with Crippen LogP contribution in [0.4, 0.5) is 0 Å². The van der Waals surface area contributed by atoms with E-state index in [1.54, 1.807) is 19.1 Å². The van der Waals surface area contributed by atoms with Crippen molar-refractivity contribution in [1.82, 2.24) is 10.6 Å². The zero-order valence-corrected chi connectivity index (χ0v) is 14.4. The Morgan fingerprint density at radius 3 is 2.28 bits per heavy atom. The van der Waals surface area contributed by atoms with Crippen molar-refractivity contribution in [3.63, 3.8) is 0 Å². The minimum absolute atomic E-state index is 0.119. The molecule has 1 aromatic carbocycles. The molecule has 0 aliphatic heterocycles. The summed E-state index contributed by atoms with van der Waals surface area (Å²) in [5, 5.41) is 22.8. The van der Waals surface area contributed by atoms with Crippen LogP contribution in [0.3, 0.4) is 0 Å². The Kier molecular flexibility index (Phi) is 7.87. The van der Waals surface area contributed by atoms with Crippen molar-refractivity contribution in [2.24, 2.45) is 11.7 Å². The largest absolute Gasteiger partial charge is 0.508 e. The number of phenols is 1. The van der Waals surface area contributed by atoms with Crippen LogP contribution in [0, 0.1) is 5.92 Å². The van der Waals surface area contributed by atoms with E-state index in [-0.39, 0.29) is 18.1 Å². The summed E-state index contributed by atoms with van der Waals surface area (Å²) < 4.78 is 0. The smallest absolute Gasteiger partial charge is 0.322 e. The number of carboxylic acids is 1. The average Bonchev–Trinajstić information content (AvgIpc) is 2.58. The van der Waals surface area contributed by atoms with Crippen LogP contribution in [0.2, 0.25) is 0 Å². The van der Waals surface area contributed by atoms with Crippen LogP contribution in [-0.2, 0) is 20.8 Å². The van der Waals surface area contributed by atoms with Crippen LogP contribution >= 0.6 is 0 Å². The molecular weight excluding hydrogens is 326 g/mol. The highest BCUT2D eigenvalue weighted by Gasteiger charge is 2.28. The van der Waals surface area contributed by atoms with Crippen molar-refractivity contribution in [2.45, 2.75) is 38.8 Å². The second kappa shape index (κ2) is 9.63. The summed E-state index contributed by atoms with van der Waals surface area (Å²) in [5.41, 5.74) is 6.67. The van der Waals surface area contributed by atoms with Gasteiger partial charge in [-0.3, -0.25) is 14.4 Å². The summed E-state index contributed by atoms with van der Waals surface area (Å²) in [6.07, 6.45) is 0.870. The third kappa shape index (κ3) is 6.80. The highest BCUT2D eigenvalue weighted by Crippen LogP contribution is 2.12. The van der Waals surface area contributed by atoms with Gasteiger partial charge >= 0.3 is 5.97 Å². The monoisotopic (exact) mass is 351 g/mol. The van der Waals surface area contributed by atoms with Crippen molar-refractivity contribution < 1.29 is 24.6 Å². The lowest BCUT2D eigenvalue weighted by Crippen LogP contribution is -2.55. The predicted octanol–water partition coefficient (Wildman–Crippen LogP) is -0.00630. The normalized spacial score (nSPS) is 14.2. The van der Waals surface area contributed by atoms with Crippen LogP contribution in [0.5, 0.6) is 5.75 Å². The molecule has 8 nitrogen and oxygen atoms in total. The molecule has 0 spiro atoms. The summed E-state index contributed by atoms with van der Waals surface area (Å²) in [6, 6.07) is 4.59. The first kappa shape index (κ1) is 20.4. The molecule has 1 rings (SSSR count). The maximum atomic E-state index is 12.3. The second-order valence-electron chi connectivity index (χ2n) is 5.96. The number of nitrogens with two attached hydrogens (primary N) is 1. The topological polar surface area (TPSA) is 142 Å². The Labute approximate surface area is 146 Å². The van der Waals surface area contributed by atoms with Gasteiger partial charge in [0, 0.05) is 0 Å². The SMILES string of the molecule is CCC(C)C(NC(=O)C(N)Cc1ccc(O)cc1)C(=O)NCC(=O)O. The number of aromatic hydroxyl groups is 1. The number of carboxylic acid groups (broad SMARTS) is 1. The van der Waals surface area contributed by atoms with Crippen molar-refractivity contribution in [3.8, 4) is 5.75 Å². The molecule has 0 saturated heterocycles. The maximum Gasteiger partial charge on any atom is 0.322 e. The van der Waals surface area contributed by atoms with Crippen LogP contribution in [0.15, 0.2) is 24.3 Å². The number of benzene rings is 1. The first-order valence-electron chi connectivity index (χ1n) is 8.08. The van der Waals surface area contributed by atoms with Crippen LogP contribution < -0.4 is 16.4 Å². The van der Waals surface area contributed by atoms with Gasteiger partial charge in [-0.1, -0.05) is 32.4 Å². The Morgan fingerprint density at radius 1 is 1.16 bits per heavy atom. The van der Waals surface area contributed by atoms with Crippen molar-refractivity contribution in [3.05, 3.63) is 29.8 Å². The standard InChI is InChI=1S/C17H25N3O5/c1-3-10(2)15(17(25)19-9-14(22)23)20-16(24)13(18)8-11-4-6-12(21)7-5-11/h4-7,10,13,15,21H,3,8-9,18H2,1-2H3,(H,19,25)(H,20,24)(H,22,23). The van der Waals surface area contributed by atoms with E-state index < -0.39 is 36.4 Å². The Hall–Kier alpha value is -2.61. The first-order chi connectivity index (χ1) is 11.7. The van der Waals surface area contributed by atoms with Gasteiger partial charge in [-0.05, 0) is 30.0 Å². The number of carbonyl (C=O) groups is 3. The molecular formula is C17H25N3O5. The highest BCUT2D eigenvalue weighted by atomic mass is 16.4.